The Hall–Kier alpha value is -2.18. The second kappa shape index (κ2) is 8.01. The third-order valence-electron chi connectivity index (χ3n) is 5.31. The molecule has 2 aliphatic rings. The second-order valence-electron chi connectivity index (χ2n) is 6.97. The van der Waals surface area contributed by atoms with Gasteiger partial charge in [-0.25, -0.2) is 9.97 Å². The van der Waals surface area contributed by atoms with Crippen molar-refractivity contribution in [1.82, 2.24) is 14.9 Å². The summed E-state index contributed by atoms with van der Waals surface area (Å²) in [6, 6.07) is 11.0. The summed E-state index contributed by atoms with van der Waals surface area (Å²) in [5, 5.41) is 3.51. The number of methoxy groups -OCH3 is 1. The number of nitrogens with zero attached hydrogens (tertiary/aromatic N) is 3. The Kier molecular flexibility index (Phi) is 5.32. The van der Waals surface area contributed by atoms with E-state index in [9.17, 15) is 0 Å². The van der Waals surface area contributed by atoms with Crippen LogP contribution >= 0.6 is 0 Å². The Morgan fingerprint density at radius 2 is 2.08 bits per heavy atom. The molecule has 0 saturated carbocycles. The zero-order chi connectivity index (χ0) is 17.8. The molecule has 0 bridgehead atoms. The van der Waals surface area contributed by atoms with Gasteiger partial charge in [-0.15, -0.1) is 0 Å². The molecule has 2 aliphatic heterocycles. The molecule has 1 aromatic heterocycles. The van der Waals surface area contributed by atoms with Gasteiger partial charge in [0.1, 0.15) is 12.1 Å². The number of likely N-dealkylation sites (tertiary alicyclic amines) is 1. The molecule has 6 heteroatoms. The minimum atomic E-state index is 0.204. The average molecular weight is 354 g/mol. The summed E-state index contributed by atoms with van der Waals surface area (Å²) in [7, 11) is 1.62. The zero-order valence-corrected chi connectivity index (χ0v) is 15.2. The predicted octanol–water partition coefficient (Wildman–Crippen LogP) is 2.68. The van der Waals surface area contributed by atoms with Gasteiger partial charge in [0.25, 0.3) is 0 Å². The number of aromatic nitrogens is 2. The van der Waals surface area contributed by atoms with Crippen molar-refractivity contribution in [3.63, 3.8) is 0 Å². The number of nitrogens with one attached hydrogen (secondary N) is 1. The highest BCUT2D eigenvalue weighted by atomic mass is 16.5. The number of fused-ring (bicyclic) bond motifs is 1. The van der Waals surface area contributed by atoms with Crippen LogP contribution in [0.5, 0.6) is 5.88 Å². The molecule has 0 aliphatic carbocycles. The Labute approximate surface area is 154 Å². The van der Waals surface area contributed by atoms with Crippen LogP contribution in [-0.2, 0) is 11.2 Å². The summed E-state index contributed by atoms with van der Waals surface area (Å²) in [4.78, 5) is 10.9. The number of ether oxygens (including phenoxy) is 2. The van der Waals surface area contributed by atoms with E-state index in [0.29, 0.717) is 11.9 Å². The number of hydrogen-bond donors (Lipinski definition) is 1. The molecule has 1 fully saturated rings. The van der Waals surface area contributed by atoms with E-state index in [1.807, 2.05) is 6.07 Å². The molecule has 26 heavy (non-hydrogen) atoms. The first-order chi connectivity index (χ1) is 12.8. The second-order valence-corrected chi connectivity index (χ2v) is 6.97. The summed E-state index contributed by atoms with van der Waals surface area (Å²) in [6.45, 7) is 3.95. The first kappa shape index (κ1) is 17.2. The fourth-order valence-corrected chi connectivity index (χ4v) is 3.86. The quantitative estimate of drug-likeness (QED) is 0.891. The number of benzene rings is 1. The summed E-state index contributed by atoms with van der Waals surface area (Å²) in [5.41, 5.74) is 2.81. The predicted molar refractivity (Wildman–Crippen MR) is 101 cm³/mol. The molecule has 1 saturated heterocycles. The van der Waals surface area contributed by atoms with E-state index >= 15 is 0 Å². The van der Waals surface area contributed by atoms with Gasteiger partial charge >= 0.3 is 0 Å². The lowest BCUT2D eigenvalue weighted by atomic mass is 9.96. The van der Waals surface area contributed by atoms with Gasteiger partial charge in [-0.3, -0.25) is 0 Å². The van der Waals surface area contributed by atoms with E-state index in [0.717, 1.165) is 51.3 Å². The van der Waals surface area contributed by atoms with Crippen LogP contribution in [0.3, 0.4) is 0 Å². The van der Waals surface area contributed by atoms with Gasteiger partial charge in [0.15, 0.2) is 0 Å². The third-order valence-corrected chi connectivity index (χ3v) is 5.31. The molecule has 6 nitrogen and oxygen atoms in total. The largest absolute Gasteiger partial charge is 0.481 e. The monoisotopic (exact) mass is 354 g/mol. The summed E-state index contributed by atoms with van der Waals surface area (Å²) < 4.78 is 11.2. The molecule has 1 N–H and O–H groups in total. The maximum absolute atomic E-state index is 6.07. The Morgan fingerprint density at radius 3 is 2.92 bits per heavy atom. The number of anilines is 1. The minimum absolute atomic E-state index is 0.204. The summed E-state index contributed by atoms with van der Waals surface area (Å²) >= 11 is 0. The number of hydrogen-bond acceptors (Lipinski definition) is 6. The molecule has 4 rings (SSSR count). The van der Waals surface area contributed by atoms with Crippen LogP contribution in [0.4, 0.5) is 5.82 Å². The molecular weight excluding hydrogens is 328 g/mol. The smallest absolute Gasteiger partial charge is 0.218 e. The molecule has 0 spiro atoms. The average Bonchev–Trinajstić information content (AvgIpc) is 2.70. The van der Waals surface area contributed by atoms with E-state index in [-0.39, 0.29) is 6.10 Å². The van der Waals surface area contributed by atoms with Crippen molar-refractivity contribution in [1.29, 1.82) is 0 Å². The topological polar surface area (TPSA) is 59.5 Å². The molecular formula is C20H26N4O2. The van der Waals surface area contributed by atoms with Crippen LogP contribution in [0, 0.1) is 0 Å². The maximum atomic E-state index is 6.07. The third kappa shape index (κ3) is 3.97. The Balaban J connectivity index is 1.30. The van der Waals surface area contributed by atoms with Crippen molar-refractivity contribution in [2.45, 2.75) is 31.4 Å². The van der Waals surface area contributed by atoms with Crippen LogP contribution in [0.15, 0.2) is 36.7 Å². The normalized spacial score (nSPS) is 21.2. The van der Waals surface area contributed by atoms with Gasteiger partial charge in [0, 0.05) is 31.7 Å². The van der Waals surface area contributed by atoms with Crippen molar-refractivity contribution in [3.8, 4) is 5.88 Å². The van der Waals surface area contributed by atoms with E-state index in [4.69, 9.17) is 9.47 Å². The van der Waals surface area contributed by atoms with Gasteiger partial charge in [0.05, 0.1) is 19.8 Å². The number of rotatable bonds is 5. The molecule has 1 aromatic carbocycles. The van der Waals surface area contributed by atoms with Crippen molar-refractivity contribution in [2.24, 2.45) is 0 Å². The molecule has 2 aromatic rings. The molecule has 0 radical (unpaired) electrons. The highest BCUT2D eigenvalue weighted by molar-refractivity contribution is 5.38. The van der Waals surface area contributed by atoms with Crippen molar-refractivity contribution >= 4 is 5.82 Å². The van der Waals surface area contributed by atoms with Crippen molar-refractivity contribution < 1.29 is 9.47 Å². The maximum Gasteiger partial charge on any atom is 0.218 e. The highest BCUT2D eigenvalue weighted by Crippen LogP contribution is 2.28. The molecule has 0 amide bonds. The van der Waals surface area contributed by atoms with Crippen molar-refractivity contribution in [3.05, 3.63) is 47.8 Å². The molecule has 138 valence electrons. The number of piperidine rings is 1. The first-order valence-corrected chi connectivity index (χ1v) is 9.36. The SMILES string of the molecule is COc1cc(NC2CCN(CC3OCCc4ccccc43)CC2)ncn1. The van der Waals surface area contributed by atoms with Crippen molar-refractivity contribution in [2.75, 3.05) is 38.7 Å². The van der Waals surface area contributed by atoms with Crippen LogP contribution < -0.4 is 10.1 Å². The van der Waals surface area contributed by atoms with E-state index in [1.165, 1.54) is 17.5 Å². The zero-order valence-electron chi connectivity index (χ0n) is 15.2. The molecule has 3 heterocycles. The molecule has 1 atom stereocenters. The van der Waals surface area contributed by atoms with Gasteiger partial charge < -0.3 is 19.7 Å². The highest BCUT2D eigenvalue weighted by Gasteiger charge is 2.26. The lowest BCUT2D eigenvalue weighted by Gasteiger charge is -2.36. The van der Waals surface area contributed by atoms with Crippen LogP contribution in [-0.4, -0.2) is 54.3 Å². The lowest BCUT2D eigenvalue weighted by molar-refractivity contribution is 0.0115. The van der Waals surface area contributed by atoms with Gasteiger partial charge in [0.2, 0.25) is 5.88 Å². The summed E-state index contributed by atoms with van der Waals surface area (Å²) in [5.74, 6) is 1.42. The van der Waals surface area contributed by atoms with Gasteiger partial charge in [-0.2, -0.15) is 0 Å². The van der Waals surface area contributed by atoms with Gasteiger partial charge in [-0.1, -0.05) is 24.3 Å². The Morgan fingerprint density at radius 1 is 1.23 bits per heavy atom. The Bertz CT molecular complexity index is 731. The molecule has 1 unspecified atom stereocenters. The first-order valence-electron chi connectivity index (χ1n) is 9.36. The lowest BCUT2D eigenvalue weighted by Crippen LogP contribution is -2.42. The van der Waals surface area contributed by atoms with E-state index in [2.05, 4.69) is 44.5 Å². The van der Waals surface area contributed by atoms with Crippen LogP contribution in [0.25, 0.3) is 0 Å². The van der Waals surface area contributed by atoms with Crippen LogP contribution in [0.2, 0.25) is 0 Å². The summed E-state index contributed by atoms with van der Waals surface area (Å²) in [6.07, 6.45) is 4.96. The van der Waals surface area contributed by atoms with E-state index in [1.54, 1.807) is 7.11 Å². The fourth-order valence-electron chi connectivity index (χ4n) is 3.86. The van der Waals surface area contributed by atoms with E-state index < -0.39 is 0 Å². The fraction of sp³-hybridized carbons (Fsp3) is 0.500. The van der Waals surface area contributed by atoms with Gasteiger partial charge in [-0.05, 0) is 30.4 Å². The minimum Gasteiger partial charge on any atom is -0.481 e. The van der Waals surface area contributed by atoms with Crippen LogP contribution in [0.1, 0.15) is 30.1 Å². The standard InChI is InChI=1S/C20H26N4O2/c1-25-20-12-19(21-14-22-20)23-16-6-9-24(10-7-16)13-18-17-5-3-2-4-15(17)8-11-26-18/h2-5,12,14,16,18H,6-11,13H2,1H3,(H,21,22,23).